The lowest BCUT2D eigenvalue weighted by Gasteiger charge is -2.21. The van der Waals surface area contributed by atoms with Crippen LogP contribution in [0.4, 0.5) is 0 Å². The van der Waals surface area contributed by atoms with Gasteiger partial charge in [0.2, 0.25) is 0 Å². The Morgan fingerprint density at radius 2 is 1.83 bits per heavy atom. The molecule has 0 spiro atoms. The molecule has 0 aromatic heterocycles. The number of carbonyl (C=O) groups is 1. The predicted molar refractivity (Wildman–Crippen MR) is 76.0 cm³/mol. The summed E-state index contributed by atoms with van der Waals surface area (Å²) in [6.45, 7) is 2.17. The molecule has 18 heavy (non-hydrogen) atoms. The molecule has 1 aliphatic carbocycles. The van der Waals surface area contributed by atoms with E-state index >= 15 is 0 Å². The van der Waals surface area contributed by atoms with Gasteiger partial charge in [0.1, 0.15) is 6.29 Å². The lowest BCUT2D eigenvalue weighted by atomic mass is 9.83. The SMILES string of the molecule is CC(CC=O)c1ccccc1C1CCCCCC1. The molecular formula is C17H24O. The lowest BCUT2D eigenvalue weighted by Crippen LogP contribution is -2.05. The van der Waals surface area contributed by atoms with Crippen molar-refractivity contribution in [2.75, 3.05) is 0 Å². The maximum atomic E-state index is 10.7. The van der Waals surface area contributed by atoms with E-state index < -0.39 is 0 Å². The largest absolute Gasteiger partial charge is 0.303 e. The van der Waals surface area contributed by atoms with Crippen molar-refractivity contribution < 1.29 is 4.79 Å². The second-order valence-corrected chi connectivity index (χ2v) is 5.62. The zero-order chi connectivity index (χ0) is 12.8. The average Bonchev–Trinajstić information content (AvgIpc) is 2.68. The van der Waals surface area contributed by atoms with Crippen LogP contribution in [0.25, 0.3) is 0 Å². The van der Waals surface area contributed by atoms with Crippen LogP contribution in [0.1, 0.15) is 74.8 Å². The van der Waals surface area contributed by atoms with Crippen LogP contribution >= 0.6 is 0 Å². The van der Waals surface area contributed by atoms with Crippen LogP contribution in [-0.2, 0) is 4.79 Å². The molecule has 0 N–H and O–H groups in total. The quantitative estimate of drug-likeness (QED) is 0.548. The van der Waals surface area contributed by atoms with Gasteiger partial charge in [0.25, 0.3) is 0 Å². The third-order valence-electron chi connectivity index (χ3n) is 4.27. The zero-order valence-corrected chi connectivity index (χ0v) is 11.4. The molecule has 1 atom stereocenters. The van der Waals surface area contributed by atoms with E-state index in [0.717, 1.165) is 12.2 Å². The first kappa shape index (κ1) is 13.3. The van der Waals surface area contributed by atoms with Crippen molar-refractivity contribution in [1.82, 2.24) is 0 Å². The molecule has 0 amide bonds. The predicted octanol–water partition coefficient (Wildman–Crippen LogP) is 4.82. The minimum Gasteiger partial charge on any atom is -0.303 e. The summed E-state index contributed by atoms with van der Waals surface area (Å²) in [5, 5.41) is 0. The summed E-state index contributed by atoms with van der Waals surface area (Å²) >= 11 is 0. The van der Waals surface area contributed by atoms with Crippen LogP contribution < -0.4 is 0 Å². The van der Waals surface area contributed by atoms with Gasteiger partial charge in [0, 0.05) is 6.42 Å². The minimum atomic E-state index is 0.363. The fourth-order valence-electron chi connectivity index (χ4n) is 3.19. The van der Waals surface area contributed by atoms with E-state index in [2.05, 4.69) is 31.2 Å². The molecule has 1 saturated carbocycles. The summed E-state index contributed by atoms with van der Waals surface area (Å²) in [6.07, 6.45) is 9.85. The molecule has 2 rings (SSSR count). The van der Waals surface area contributed by atoms with E-state index in [0.29, 0.717) is 12.3 Å². The van der Waals surface area contributed by atoms with Crippen molar-refractivity contribution in [2.45, 2.75) is 63.7 Å². The highest BCUT2D eigenvalue weighted by Gasteiger charge is 2.19. The fraction of sp³-hybridized carbons (Fsp3) is 0.588. The van der Waals surface area contributed by atoms with Crippen molar-refractivity contribution >= 4 is 6.29 Å². The molecule has 1 fully saturated rings. The molecule has 1 unspecified atom stereocenters. The first-order chi connectivity index (χ1) is 8.83. The van der Waals surface area contributed by atoms with Gasteiger partial charge in [-0.1, -0.05) is 56.9 Å². The number of benzene rings is 1. The van der Waals surface area contributed by atoms with Crippen molar-refractivity contribution in [2.24, 2.45) is 0 Å². The number of carbonyl (C=O) groups excluding carboxylic acids is 1. The van der Waals surface area contributed by atoms with Crippen molar-refractivity contribution in [3.8, 4) is 0 Å². The first-order valence-electron chi connectivity index (χ1n) is 7.35. The Hall–Kier alpha value is -1.11. The fourth-order valence-corrected chi connectivity index (χ4v) is 3.19. The Kier molecular flexibility index (Phi) is 4.98. The molecule has 98 valence electrons. The van der Waals surface area contributed by atoms with Crippen LogP contribution in [0.2, 0.25) is 0 Å². The number of hydrogen-bond donors (Lipinski definition) is 0. The lowest BCUT2D eigenvalue weighted by molar-refractivity contribution is -0.108. The Labute approximate surface area is 111 Å². The van der Waals surface area contributed by atoms with E-state index in [1.165, 1.54) is 49.7 Å². The molecular weight excluding hydrogens is 220 g/mol. The summed E-state index contributed by atoms with van der Waals surface area (Å²) in [4.78, 5) is 10.7. The van der Waals surface area contributed by atoms with Crippen LogP contribution in [0.3, 0.4) is 0 Å². The maximum Gasteiger partial charge on any atom is 0.120 e. The third-order valence-corrected chi connectivity index (χ3v) is 4.27. The molecule has 1 nitrogen and oxygen atoms in total. The second-order valence-electron chi connectivity index (χ2n) is 5.62. The van der Waals surface area contributed by atoms with Gasteiger partial charge < -0.3 is 4.79 Å². The van der Waals surface area contributed by atoms with E-state index in [9.17, 15) is 4.79 Å². The summed E-state index contributed by atoms with van der Waals surface area (Å²) in [5.41, 5.74) is 2.91. The summed E-state index contributed by atoms with van der Waals surface area (Å²) in [7, 11) is 0. The van der Waals surface area contributed by atoms with E-state index in [4.69, 9.17) is 0 Å². The van der Waals surface area contributed by atoms with Crippen LogP contribution in [-0.4, -0.2) is 6.29 Å². The molecule has 1 heteroatoms. The molecule has 0 heterocycles. The first-order valence-corrected chi connectivity index (χ1v) is 7.35. The number of aldehydes is 1. The normalized spacial score (nSPS) is 19.2. The van der Waals surface area contributed by atoms with Gasteiger partial charge in [-0.25, -0.2) is 0 Å². The van der Waals surface area contributed by atoms with E-state index in [-0.39, 0.29) is 0 Å². The smallest absolute Gasteiger partial charge is 0.120 e. The third kappa shape index (κ3) is 3.22. The van der Waals surface area contributed by atoms with Crippen LogP contribution in [0, 0.1) is 0 Å². The monoisotopic (exact) mass is 244 g/mol. The maximum absolute atomic E-state index is 10.7. The Morgan fingerprint density at radius 1 is 1.17 bits per heavy atom. The van der Waals surface area contributed by atoms with Gasteiger partial charge in [-0.05, 0) is 35.8 Å². The molecule has 0 bridgehead atoms. The summed E-state index contributed by atoms with van der Waals surface area (Å²) < 4.78 is 0. The van der Waals surface area contributed by atoms with Crippen molar-refractivity contribution in [1.29, 1.82) is 0 Å². The average molecular weight is 244 g/mol. The van der Waals surface area contributed by atoms with Crippen LogP contribution in [0.5, 0.6) is 0 Å². The van der Waals surface area contributed by atoms with Gasteiger partial charge >= 0.3 is 0 Å². The molecule has 1 aromatic rings. The highest BCUT2D eigenvalue weighted by atomic mass is 16.1. The minimum absolute atomic E-state index is 0.363. The van der Waals surface area contributed by atoms with Gasteiger partial charge in [-0.15, -0.1) is 0 Å². The van der Waals surface area contributed by atoms with Gasteiger partial charge in [-0.2, -0.15) is 0 Å². The standard InChI is InChI=1S/C17H24O/c1-14(12-13-18)16-10-6-7-11-17(16)15-8-4-2-3-5-9-15/h6-7,10-11,13-15H,2-5,8-9,12H2,1H3. The molecule has 1 aromatic carbocycles. The van der Waals surface area contributed by atoms with Crippen molar-refractivity contribution in [3.63, 3.8) is 0 Å². The summed E-state index contributed by atoms with van der Waals surface area (Å²) in [6, 6.07) is 8.76. The van der Waals surface area contributed by atoms with E-state index in [1.807, 2.05) is 0 Å². The second kappa shape index (κ2) is 6.72. The molecule has 0 saturated heterocycles. The van der Waals surface area contributed by atoms with Crippen LogP contribution in [0.15, 0.2) is 24.3 Å². The van der Waals surface area contributed by atoms with Gasteiger partial charge in [-0.3, -0.25) is 0 Å². The van der Waals surface area contributed by atoms with E-state index in [1.54, 1.807) is 0 Å². The molecule has 0 aliphatic heterocycles. The molecule has 1 aliphatic rings. The topological polar surface area (TPSA) is 17.1 Å². The molecule has 0 radical (unpaired) electrons. The Morgan fingerprint density at radius 3 is 2.50 bits per heavy atom. The van der Waals surface area contributed by atoms with Gasteiger partial charge in [0.05, 0.1) is 0 Å². The van der Waals surface area contributed by atoms with Crippen molar-refractivity contribution in [3.05, 3.63) is 35.4 Å². The summed E-state index contributed by atoms with van der Waals surface area (Å²) in [5.74, 6) is 1.08. The Bertz CT molecular complexity index is 375. The highest BCUT2D eigenvalue weighted by Crippen LogP contribution is 2.36. The highest BCUT2D eigenvalue weighted by molar-refractivity contribution is 5.52. The van der Waals surface area contributed by atoms with Gasteiger partial charge in [0.15, 0.2) is 0 Å². The zero-order valence-electron chi connectivity index (χ0n) is 11.4. The Balaban J connectivity index is 2.22. The number of hydrogen-bond acceptors (Lipinski definition) is 1. The number of rotatable bonds is 4.